The van der Waals surface area contributed by atoms with Crippen LogP contribution in [0.2, 0.25) is 0 Å². The molecule has 0 spiro atoms. The van der Waals surface area contributed by atoms with E-state index in [0.29, 0.717) is 17.5 Å². The van der Waals surface area contributed by atoms with Crippen LogP contribution in [0.4, 0.5) is 11.4 Å². The first-order valence-corrected chi connectivity index (χ1v) is 10.8. The van der Waals surface area contributed by atoms with Gasteiger partial charge in [-0.3, -0.25) is 19.5 Å². The van der Waals surface area contributed by atoms with E-state index >= 15 is 0 Å². The van der Waals surface area contributed by atoms with Crippen molar-refractivity contribution in [1.82, 2.24) is 14.8 Å². The number of carbonyl (C=O) groups is 1. The van der Waals surface area contributed by atoms with Crippen LogP contribution in [-0.4, -0.2) is 31.3 Å². The summed E-state index contributed by atoms with van der Waals surface area (Å²) in [4.78, 5) is 23.0. The standard InChI is InChI=1S/C22H23N5O4S/c1-4-13-26-21(16(3)31-19-12-8-5-9-15(19)2)24-25-22(26)32-14-20(28)23-17-10-6-7-11-18(17)27(29)30/h4-12,16H,1,13-14H2,2-3H3,(H,23,28). The number of benzene rings is 2. The molecule has 2 aromatic carbocycles. The smallest absolute Gasteiger partial charge is 0.292 e. The predicted molar refractivity (Wildman–Crippen MR) is 123 cm³/mol. The lowest BCUT2D eigenvalue weighted by molar-refractivity contribution is -0.383. The minimum atomic E-state index is -0.536. The van der Waals surface area contributed by atoms with Gasteiger partial charge in [0.25, 0.3) is 5.69 Å². The molecule has 1 N–H and O–H groups in total. The Morgan fingerprint density at radius 3 is 2.72 bits per heavy atom. The number of hydrogen-bond acceptors (Lipinski definition) is 7. The van der Waals surface area contributed by atoms with Gasteiger partial charge in [-0.15, -0.1) is 16.8 Å². The number of nitrogens with zero attached hydrogens (tertiary/aromatic N) is 4. The molecular formula is C22H23N5O4S. The quantitative estimate of drug-likeness (QED) is 0.207. The molecule has 32 heavy (non-hydrogen) atoms. The zero-order chi connectivity index (χ0) is 23.1. The molecule has 10 heteroatoms. The fraction of sp³-hybridized carbons (Fsp3) is 0.227. The van der Waals surface area contributed by atoms with Crippen LogP contribution in [0.15, 0.2) is 66.3 Å². The molecule has 1 atom stereocenters. The maximum Gasteiger partial charge on any atom is 0.292 e. The number of carbonyl (C=O) groups excluding carboxylic acids is 1. The van der Waals surface area contributed by atoms with Gasteiger partial charge in [0, 0.05) is 12.6 Å². The number of rotatable bonds is 10. The second-order valence-electron chi connectivity index (χ2n) is 6.88. The number of aromatic nitrogens is 3. The Bertz CT molecular complexity index is 1130. The molecule has 1 aromatic heterocycles. The lowest BCUT2D eigenvalue weighted by atomic mass is 10.2. The van der Waals surface area contributed by atoms with Crippen LogP contribution >= 0.6 is 11.8 Å². The molecule has 166 valence electrons. The highest BCUT2D eigenvalue weighted by Gasteiger charge is 2.21. The van der Waals surface area contributed by atoms with Gasteiger partial charge >= 0.3 is 0 Å². The zero-order valence-electron chi connectivity index (χ0n) is 17.7. The molecule has 0 bridgehead atoms. The van der Waals surface area contributed by atoms with E-state index in [4.69, 9.17) is 4.74 Å². The number of para-hydroxylation sites is 3. The number of anilines is 1. The lowest BCUT2D eigenvalue weighted by Crippen LogP contribution is -2.16. The highest BCUT2D eigenvalue weighted by atomic mass is 32.2. The van der Waals surface area contributed by atoms with Crippen molar-refractivity contribution >= 4 is 29.0 Å². The van der Waals surface area contributed by atoms with Crippen LogP contribution in [0.1, 0.15) is 24.4 Å². The highest BCUT2D eigenvalue weighted by Crippen LogP contribution is 2.27. The van der Waals surface area contributed by atoms with E-state index in [0.717, 1.165) is 11.3 Å². The summed E-state index contributed by atoms with van der Waals surface area (Å²) in [7, 11) is 0. The normalized spacial score (nSPS) is 11.6. The van der Waals surface area contributed by atoms with Gasteiger partial charge in [0.05, 0.1) is 10.7 Å². The summed E-state index contributed by atoms with van der Waals surface area (Å²) in [5, 5.41) is 22.7. The molecule has 0 aliphatic rings. The molecule has 0 saturated heterocycles. The number of hydrogen-bond donors (Lipinski definition) is 1. The maximum atomic E-state index is 12.4. The SMILES string of the molecule is C=CCn1c(SCC(=O)Nc2ccccc2[N+](=O)[O-])nnc1C(C)Oc1ccccc1C. The van der Waals surface area contributed by atoms with Crippen molar-refractivity contribution in [3.8, 4) is 5.75 Å². The first kappa shape index (κ1) is 23.0. The van der Waals surface area contributed by atoms with Crippen LogP contribution < -0.4 is 10.1 Å². The number of ether oxygens (including phenoxy) is 1. The number of aryl methyl sites for hydroxylation is 1. The Morgan fingerprint density at radius 1 is 1.28 bits per heavy atom. The number of thioether (sulfide) groups is 1. The van der Waals surface area contributed by atoms with Gasteiger partial charge in [-0.05, 0) is 31.5 Å². The summed E-state index contributed by atoms with van der Waals surface area (Å²) in [6.07, 6.45) is 1.34. The molecule has 0 saturated carbocycles. The third-order valence-corrected chi connectivity index (χ3v) is 5.49. The molecule has 9 nitrogen and oxygen atoms in total. The maximum absolute atomic E-state index is 12.4. The number of nitro benzene ring substituents is 1. The number of nitrogens with one attached hydrogen (secondary N) is 1. The summed E-state index contributed by atoms with van der Waals surface area (Å²) in [6, 6.07) is 13.7. The minimum Gasteiger partial charge on any atom is -0.482 e. The van der Waals surface area contributed by atoms with E-state index in [9.17, 15) is 14.9 Å². The van der Waals surface area contributed by atoms with E-state index in [2.05, 4.69) is 22.1 Å². The monoisotopic (exact) mass is 453 g/mol. The second-order valence-corrected chi connectivity index (χ2v) is 7.82. The van der Waals surface area contributed by atoms with Crippen LogP contribution in [-0.2, 0) is 11.3 Å². The number of amides is 1. The molecule has 0 aliphatic heterocycles. The van der Waals surface area contributed by atoms with Gasteiger partial charge in [0.1, 0.15) is 11.4 Å². The van der Waals surface area contributed by atoms with E-state index in [1.165, 1.54) is 23.9 Å². The summed E-state index contributed by atoms with van der Waals surface area (Å²) in [5.41, 5.74) is 0.997. The number of nitro groups is 1. The van der Waals surface area contributed by atoms with Crippen LogP contribution in [0.5, 0.6) is 5.75 Å². The summed E-state index contributed by atoms with van der Waals surface area (Å²) in [5.74, 6) is 0.984. The minimum absolute atomic E-state index is 0.00829. The third-order valence-electron chi connectivity index (χ3n) is 4.53. The van der Waals surface area contributed by atoms with Gasteiger partial charge in [-0.2, -0.15) is 0 Å². The molecule has 1 unspecified atom stereocenters. The van der Waals surface area contributed by atoms with E-state index in [1.807, 2.05) is 42.7 Å². The van der Waals surface area contributed by atoms with Crippen molar-refractivity contribution in [2.45, 2.75) is 31.7 Å². The Labute approximate surface area is 189 Å². The molecule has 3 aromatic rings. The van der Waals surface area contributed by atoms with E-state index < -0.39 is 4.92 Å². The molecule has 0 radical (unpaired) electrons. The Balaban J connectivity index is 1.70. The van der Waals surface area contributed by atoms with E-state index in [1.54, 1.807) is 18.2 Å². The summed E-state index contributed by atoms with van der Waals surface area (Å²) < 4.78 is 7.89. The Hall–Kier alpha value is -3.66. The second kappa shape index (κ2) is 10.6. The van der Waals surface area contributed by atoms with Crippen LogP contribution in [0, 0.1) is 17.0 Å². The Morgan fingerprint density at radius 2 is 2.00 bits per heavy atom. The van der Waals surface area contributed by atoms with Crippen molar-refractivity contribution in [3.63, 3.8) is 0 Å². The first-order valence-electron chi connectivity index (χ1n) is 9.83. The van der Waals surface area contributed by atoms with Crippen molar-refractivity contribution < 1.29 is 14.5 Å². The van der Waals surface area contributed by atoms with Crippen molar-refractivity contribution in [3.05, 3.63) is 82.7 Å². The third kappa shape index (κ3) is 5.52. The molecule has 1 heterocycles. The van der Waals surface area contributed by atoms with Gasteiger partial charge in [0.15, 0.2) is 17.1 Å². The largest absolute Gasteiger partial charge is 0.482 e. The van der Waals surface area contributed by atoms with Gasteiger partial charge < -0.3 is 10.1 Å². The van der Waals surface area contributed by atoms with Gasteiger partial charge in [-0.1, -0.05) is 48.2 Å². The molecule has 0 aliphatic carbocycles. The lowest BCUT2D eigenvalue weighted by Gasteiger charge is -2.17. The highest BCUT2D eigenvalue weighted by molar-refractivity contribution is 7.99. The fourth-order valence-corrected chi connectivity index (χ4v) is 3.75. The molecular weight excluding hydrogens is 430 g/mol. The van der Waals surface area contributed by atoms with Crippen molar-refractivity contribution in [2.24, 2.45) is 0 Å². The fourth-order valence-electron chi connectivity index (χ4n) is 2.99. The summed E-state index contributed by atoms with van der Waals surface area (Å²) in [6.45, 7) is 8.07. The summed E-state index contributed by atoms with van der Waals surface area (Å²) >= 11 is 1.18. The topological polar surface area (TPSA) is 112 Å². The zero-order valence-corrected chi connectivity index (χ0v) is 18.5. The molecule has 3 rings (SSSR count). The molecule has 1 amide bonds. The molecule has 0 fully saturated rings. The average molecular weight is 454 g/mol. The van der Waals surface area contributed by atoms with Crippen molar-refractivity contribution in [1.29, 1.82) is 0 Å². The first-order chi connectivity index (χ1) is 15.4. The van der Waals surface area contributed by atoms with Crippen LogP contribution in [0.3, 0.4) is 0 Å². The van der Waals surface area contributed by atoms with Gasteiger partial charge in [0.2, 0.25) is 5.91 Å². The Kier molecular flexibility index (Phi) is 7.61. The van der Waals surface area contributed by atoms with Crippen molar-refractivity contribution in [2.75, 3.05) is 11.1 Å². The average Bonchev–Trinajstić information content (AvgIpc) is 3.17. The number of allylic oxidation sites excluding steroid dienone is 1. The van der Waals surface area contributed by atoms with E-state index in [-0.39, 0.29) is 29.1 Å². The van der Waals surface area contributed by atoms with Crippen LogP contribution in [0.25, 0.3) is 0 Å². The van der Waals surface area contributed by atoms with Gasteiger partial charge in [-0.25, -0.2) is 0 Å². The predicted octanol–water partition coefficient (Wildman–Crippen LogP) is 4.55.